The Bertz CT molecular complexity index is 709. The van der Waals surface area contributed by atoms with Crippen molar-refractivity contribution < 1.29 is 4.74 Å². The van der Waals surface area contributed by atoms with E-state index in [0.717, 1.165) is 22.7 Å². The zero-order valence-corrected chi connectivity index (χ0v) is 12.1. The first kappa shape index (κ1) is 13.4. The summed E-state index contributed by atoms with van der Waals surface area (Å²) in [5.74, 6) is 0.817. The van der Waals surface area contributed by atoms with E-state index in [1.54, 1.807) is 7.11 Å². The van der Waals surface area contributed by atoms with Crippen LogP contribution in [0.15, 0.2) is 48.8 Å². The number of rotatable bonds is 2. The Labute approximate surface area is 121 Å². The van der Waals surface area contributed by atoms with E-state index in [1.165, 1.54) is 0 Å². The molecule has 0 aliphatic carbocycles. The molecule has 2 heterocycles. The highest BCUT2D eigenvalue weighted by atomic mass is 79.9. The Balaban J connectivity index is 0.00000133. The monoisotopic (exact) mass is 319 g/mol. The summed E-state index contributed by atoms with van der Waals surface area (Å²) in [5, 5.41) is 0. The van der Waals surface area contributed by atoms with E-state index in [9.17, 15) is 0 Å². The molecule has 0 bridgehead atoms. The third-order valence-electron chi connectivity index (χ3n) is 2.88. The molecular formula is C14H14BrN3O. The molecule has 3 aromatic rings. The molecule has 2 N–H and O–H groups in total. The van der Waals surface area contributed by atoms with Crippen molar-refractivity contribution in [3.8, 4) is 17.0 Å². The molecule has 98 valence electrons. The lowest BCUT2D eigenvalue weighted by Crippen LogP contribution is -1.90. The van der Waals surface area contributed by atoms with Crippen molar-refractivity contribution in [2.24, 2.45) is 0 Å². The van der Waals surface area contributed by atoms with E-state index in [2.05, 4.69) is 4.98 Å². The Morgan fingerprint density at radius 1 is 1.21 bits per heavy atom. The lowest BCUT2D eigenvalue weighted by atomic mass is 10.1. The van der Waals surface area contributed by atoms with Gasteiger partial charge >= 0.3 is 0 Å². The predicted molar refractivity (Wildman–Crippen MR) is 81.9 cm³/mol. The number of pyridine rings is 1. The highest BCUT2D eigenvalue weighted by molar-refractivity contribution is 8.93. The number of nitrogen functional groups attached to an aromatic ring is 1. The number of fused-ring (bicyclic) bond motifs is 1. The van der Waals surface area contributed by atoms with Crippen molar-refractivity contribution >= 4 is 28.3 Å². The van der Waals surface area contributed by atoms with E-state index >= 15 is 0 Å². The van der Waals surface area contributed by atoms with Crippen molar-refractivity contribution in [2.75, 3.05) is 12.8 Å². The largest absolute Gasteiger partial charge is 0.497 e. The van der Waals surface area contributed by atoms with Crippen LogP contribution < -0.4 is 10.5 Å². The quantitative estimate of drug-likeness (QED) is 0.789. The molecule has 0 atom stereocenters. The van der Waals surface area contributed by atoms with E-state index in [0.29, 0.717) is 5.69 Å². The van der Waals surface area contributed by atoms with Gasteiger partial charge in [0.15, 0.2) is 5.65 Å². The van der Waals surface area contributed by atoms with Crippen LogP contribution in [0.2, 0.25) is 0 Å². The van der Waals surface area contributed by atoms with E-state index in [-0.39, 0.29) is 17.0 Å². The highest BCUT2D eigenvalue weighted by Crippen LogP contribution is 2.24. The average molecular weight is 320 g/mol. The van der Waals surface area contributed by atoms with Crippen LogP contribution in [-0.4, -0.2) is 16.5 Å². The first-order chi connectivity index (χ1) is 8.78. The summed E-state index contributed by atoms with van der Waals surface area (Å²) in [6.07, 6.45) is 3.89. The van der Waals surface area contributed by atoms with Crippen LogP contribution >= 0.6 is 17.0 Å². The van der Waals surface area contributed by atoms with Gasteiger partial charge in [-0.3, -0.25) is 0 Å². The second kappa shape index (κ2) is 5.32. The number of hydrogen-bond acceptors (Lipinski definition) is 3. The molecule has 0 saturated heterocycles. The van der Waals surface area contributed by atoms with Crippen LogP contribution in [-0.2, 0) is 0 Å². The Hall–Kier alpha value is -2.01. The zero-order chi connectivity index (χ0) is 12.5. The zero-order valence-electron chi connectivity index (χ0n) is 10.4. The van der Waals surface area contributed by atoms with Gasteiger partial charge in [-0.25, -0.2) is 4.98 Å². The molecule has 0 aliphatic rings. The number of halogens is 1. The summed E-state index contributed by atoms with van der Waals surface area (Å²) >= 11 is 0. The summed E-state index contributed by atoms with van der Waals surface area (Å²) in [4.78, 5) is 4.54. The van der Waals surface area contributed by atoms with Gasteiger partial charge in [0.25, 0.3) is 0 Å². The molecule has 4 nitrogen and oxygen atoms in total. The predicted octanol–water partition coefficient (Wildman–Crippen LogP) is 3.17. The number of nitrogens with zero attached hydrogens (tertiary/aromatic N) is 2. The lowest BCUT2D eigenvalue weighted by Gasteiger charge is -2.00. The van der Waals surface area contributed by atoms with Gasteiger partial charge in [-0.1, -0.05) is 12.1 Å². The number of nitrogens with two attached hydrogens (primary N) is 1. The van der Waals surface area contributed by atoms with Crippen molar-refractivity contribution in [3.05, 3.63) is 48.8 Å². The van der Waals surface area contributed by atoms with Crippen LogP contribution in [0.25, 0.3) is 16.9 Å². The number of benzene rings is 1. The molecule has 19 heavy (non-hydrogen) atoms. The van der Waals surface area contributed by atoms with Gasteiger partial charge in [0.2, 0.25) is 0 Å². The number of anilines is 1. The maximum Gasteiger partial charge on any atom is 0.160 e. The summed E-state index contributed by atoms with van der Waals surface area (Å²) in [5.41, 5.74) is 9.23. The molecule has 0 fully saturated rings. The fourth-order valence-corrected chi connectivity index (χ4v) is 1.96. The first-order valence-corrected chi connectivity index (χ1v) is 5.65. The molecule has 0 spiro atoms. The topological polar surface area (TPSA) is 52.5 Å². The van der Waals surface area contributed by atoms with Crippen molar-refractivity contribution in [1.29, 1.82) is 0 Å². The highest BCUT2D eigenvalue weighted by Gasteiger charge is 2.06. The number of aromatic nitrogens is 2. The Kier molecular flexibility index (Phi) is 3.76. The van der Waals surface area contributed by atoms with E-state index < -0.39 is 0 Å². The van der Waals surface area contributed by atoms with Gasteiger partial charge in [0.05, 0.1) is 18.5 Å². The van der Waals surface area contributed by atoms with Gasteiger partial charge in [0.1, 0.15) is 5.75 Å². The molecule has 0 unspecified atom stereocenters. The summed E-state index contributed by atoms with van der Waals surface area (Å²) in [6.45, 7) is 0. The lowest BCUT2D eigenvalue weighted by molar-refractivity contribution is 0.415. The fourth-order valence-electron chi connectivity index (χ4n) is 1.96. The minimum atomic E-state index is 0. The number of ether oxygens (including phenoxy) is 1. The van der Waals surface area contributed by atoms with Crippen molar-refractivity contribution in [1.82, 2.24) is 9.38 Å². The number of hydrogen-bond donors (Lipinski definition) is 1. The van der Waals surface area contributed by atoms with Gasteiger partial charge in [0, 0.05) is 18.0 Å². The first-order valence-electron chi connectivity index (χ1n) is 5.65. The van der Waals surface area contributed by atoms with Crippen LogP contribution in [0.5, 0.6) is 5.75 Å². The van der Waals surface area contributed by atoms with Gasteiger partial charge < -0.3 is 14.9 Å². The number of imidazole rings is 1. The normalized spacial score (nSPS) is 10.2. The van der Waals surface area contributed by atoms with Gasteiger partial charge in [-0.2, -0.15) is 0 Å². The SMILES string of the molecule is Br.COc1cccc(-c2cn3cccc(N)c3n2)c1. The molecular weight excluding hydrogens is 306 g/mol. The molecule has 2 aromatic heterocycles. The minimum Gasteiger partial charge on any atom is -0.497 e. The average Bonchev–Trinajstić information content (AvgIpc) is 2.84. The van der Waals surface area contributed by atoms with Crippen LogP contribution in [0, 0.1) is 0 Å². The third-order valence-corrected chi connectivity index (χ3v) is 2.88. The van der Waals surface area contributed by atoms with E-state index in [4.69, 9.17) is 10.5 Å². The molecule has 0 saturated carbocycles. The fraction of sp³-hybridized carbons (Fsp3) is 0.0714. The second-order valence-corrected chi connectivity index (χ2v) is 4.05. The van der Waals surface area contributed by atoms with Gasteiger partial charge in [-0.05, 0) is 24.3 Å². The minimum absolute atomic E-state index is 0. The van der Waals surface area contributed by atoms with Crippen LogP contribution in [0.3, 0.4) is 0 Å². The summed E-state index contributed by atoms with van der Waals surface area (Å²) in [7, 11) is 1.65. The molecule has 5 heteroatoms. The van der Waals surface area contributed by atoms with Crippen molar-refractivity contribution in [3.63, 3.8) is 0 Å². The van der Waals surface area contributed by atoms with Crippen LogP contribution in [0.4, 0.5) is 5.69 Å². The van der Waals surface area contributed by atoms with Crippen molar-refractivity contribution in [2.45, 2.75) is 0 Å². The Morgan fingerprint density at radius 3 is 2.79 bits per heavy atom. The Morgan fingerprint density at radius 2 is 2.05 bits per heavy atom. The van der Waals surface area contributed by atoms with Crippen LogP contribution in [0.1, 0.15) is 0 Å². The third kappa shape index (κ3) is 2.42. The molecule has 1 aromatic carbocycles. The summed E-state index contributed by atoms with van der Waals surface area (Å²) in [6, 6.07) is 11.6. The second-order valence-electron chi connectivity index (χ2n) is 4.05. The smallest absolute Gasteiger partial charge is 0.160 e. The maximum absolute atomic E-state index is 5.90. The maximum atomic E-state index is 5.90. The molecule has 0 amide bonds. The number of methoxy groups -OCH3 is 1. The standard InChI is InChI=1S/C14H13N3O.BrH/c1-18-11-5-2-4-10(8-11)13-9-17-7-3-6-12(15)14(17)16-13;/h2-9H,15H2,1H3;1H. The van der Waals surface area contributed by atoms with E-state index in [1.807, 2.05) is 53.2 Å². The molecule has 0 radical (unpaired) electrons. The van der Waals surface area contributed by atoms with Gasteiger partial charge in [-0.15, -0.1) is 17.0 Å². The summed E-state index contributed by atoms with van der Waals surface area (Å²) < 4.78 is 7.14. The molecule has 3 rings (SSSR count). The molecule has 0 aliphatic heterocycles.